The highest BCUT2D eigenvalue weighted by Crippen LogP contribution is 2.23. The smallest absolute Gasteiger partial charge is 0.129 e. The zero-order chi connectivity index (χ0) is 38.2. The molecule has 6 aromatic rings. The number of fused-ring (bicyclic) bond motifs is 2. The second-order valence-corrected chi connectivity index (χ2v) is 15.3. The summed E-state index contributed by atoms with van der Waals surface area (Å²) in [6, 6.07) is 33.5. The van der Waals surface area contributed by atoms with Gasteiger partial charge in [-0.15, -0.1) is 0 Å². The van der Waals surface area contributed by atoms with E-state index < -0.39 is 0 Å². The molecule has 4 aromatic heterocycles. The molecule has 0 saturated carbocycles. The third-order valence-electron chi connectivity index (χ3n) is 10.9. The van der Waals surface area contributed by atoms with Crippen molar-refractivity contribution in [3.8, 4) is 0 Å². The average molecular weight is 757 g/mol. The summed E-state index contributed by atoms with van der Waals surface area (Å²) in [6.45, 7) is 12.7. The Bertz CT molecular complexity index is 2030. The monoisotopic (exact) mass is 756 g/mol. The van der Waals surface area contributed by atoms with E-state index in [0.717, 1.165) is 77.0 Å². The second-order valence-electron chi connectivity index (χ2n) is 14.9. The van der Waals surface area contributed by atoms with Crippen molar-refractivity contribution in [2.45, 2.75) is 52.4 Å². The Balaban J connectivity index is 0.000000155. The zero-order valence-corrected chi connectivity index (χ0v) is 33.3. The first-order chi connectivity index (χ1) is 26.9. The van der Waals surface area contributed by atoms with Gasteiger partial charge >= 0.3 is 0 Å². The van der Waals surface area contributed by atoms with Crippen molar-refractivity contribution in [2.75, 3.05) is 57.7 Å². The number of benzene rings is 2. The van der Waals surface area contributed by atoms with Gasteiger partial charge in [0.05, 0.1) is 11.0 Å². The molecular weight excluding hydrogens is 700 g/mol. The van der Waals surface area contributed by atoms with E-state index in [0.29, 0.717) is 5.15 Å². The summed E-state index contributed by atoms with van der Waals surface area (Å²) in [6.07, 6.45) is 11.3. The molecule has 0 amide bonds. The molecule has 2 saturated heterocycles. The van der Waals surface area contributed by atoms with Crippen molar-refractivity contribution in [2.24, 2.45) is 17.6 Å². The fourth-order valence-corrected chi connectivity index (χ4v) is 7.87. The quantitative estimate of drug-likeness (QED) is 0.134. The molecule has 288 valence electrons. The van der Waals surface area contributed by atoms with Crippen LogP contribution in [0.25, 0.3) is 21.8 Å². The highest BCUT2D eigenvalue weighted by molar-refractivity contribution is 6.29. The molecule has 0 spiro atoms. The van der Waals surface area contributed by atoms with Crippen molar-refractivity contribution in [1.29, 1.82) is 0 Å². The average Bonchev–Trinajstić information content (AvgIpc) is 3.21. The number of nitrogens with zero attached hydrogens (tertiary/aromatic N) is 6. The summed E-state index contributed by atoms with van der Waals surface area (Å²) in [7, 11) is 0. The van der Waals surface area contributed by atoms with Crippen LogP contribution >= 0.6 is 11.6 Å². The molecule has 2 aliphatic heterocycles. The fourth-order valence-electron chi connectivity index (χ4n) is 7.72. The number of hydrogen-bond donors (Lipinski definition) is 2. The van der Waals surface area contributed by atoms with Crippen molar-refractivity contribution >= 4 is 39.2 Å². The normalized spacial score (nSPS) is 15.6. The Morgan fingerprint density at radius 1 is 0.618 bits per heavy atom. The van der Waals surface area contributed by atoms with Crippen LogP contribution in [0.15, 0.2) is 109 Å². The van der Waals surface area contributed by atoms with Gasteiger partial charge in [0.1, 0.15) is 11.0 Å². The zero-order valence-electron chi connectivity index (χ0n) is 32.6. The molecule has 6 heterocycles. The highest BCUT2D eigenvalue weighted by atomic mass is 35.5. The Morgan fingerprint density at radius 3 is 1.64 bits per heavy atom. The number of nitrogens with one attached hydrogen (secondary N) is 1. The molecule has 2 fully saturated rings. The van der Waals surface area contributed by atoms with Crippen LogP contribution in [-0.2, 0) is 12.8 Å². The summed E-state index contributed by atoms with van der Waals surface area (Å²) in [4.78, 5) is 22.4. The van der Waals surface area contributed by atoms with Crippen LogP contribution in [-0.4, -0.2) is 82.1 Å². The van der Waals surface area contributed by atoms with E-state index in [1.807, 2.05) is 38.2 Å². The number of piperidine rings is 2. The standard InChI is InChI=1S/C23H28N4.C14H22N2.C9H7ClN2/c1-18-21-7-8-23(26-22(21)9-12-24-18)25-13-16-27-14-10-20(11-15-27)17-19-5-3-2-4-6-19;15-8-11-16-9-6-14(7-10-16)12-13-4-2-1-3-5-13;1-6-7-2-3-9(10)12-8(7)4-5-11-6/h2-9,12,20H,10-11,13-17H2,1H3,(H,25,26);1-5,14H,6-12,15H2;2-5H,1H3. The maximum atomic E-state index is 5.74. The van der Waals surface area contributed by atoms with Crippen molar-refractivity contribution in [3.05, 3.63) is 137 Å². The van der Waals surface area contributed by atoms with Gasteiger partial charge in [0, 0.05) is 60.7 Å². The molecule has 8 nitrogen and oxygen atoms in total. The van der Waals surface area contributed by atoms with E-state index in [1.165, 1.54) is 75.8 Å². The van der Waals surface area contributed by atoms with Crippen molar-refractivity contribution in [3.63, 3.8) is 0 Å². The molecule has 0 radical (unpaired) electrons. The van der Waals surface area contributed by atoms with E-state index in [1.54, 1.807) is 12.3 Å². The first kappa shape index (κ1) is 40.2. The van der Waals surface area contributed by atoms with Crippen LogP contribution in [0.2, 0.25) is 5.15 Å². The van der Waals surface area contributed by atoms with Gasteiger partial charge < -0.3 is 20.9 Å². The number of anilines is 1. The summed E-state index contributed by atoms with van der Waals surface area (Å²) >= 11 is 5.74. The topological polar surface area (TPSA) is 96.1 Å². The number of pyridine rings is 4. The minimum Gasteiger partial charge on any atom is -0.369 e. The van der Waals surface area contributed by atoms with E-state index in [2.05, 4.69) is 103 Å². The molecule has 0 bridgehead atoms. The van der Waals surface area contributed by atoms with Gasteiger partial charge in [0.15, 0.2) is 0 Å². The van der Waals surface area contributed by atoms with Crippen molar-refractivity contribution < 1.29 is 0 Å². The minimum atomic E-state index is 0.521. The Kier molecular flexibility index (Phi) is 15.3. The molecule has 0 atom stereocenters. The highest BCUT2D eigenvalue weighted by Gasteiger charge is 2.20. The lowest BCUT2D eigenvalue weighted by molar-refractivity contribution is 0.188. The third-order valence-corrected chi connectivity index (χ3v) is 11.1. The van der Waals surface area contributed by atoms with Gasteiger partial charge in [0.25, 0.3) is 0 Å². The van der Waals surface area contributed by atoms with E-state index in [-0.39, 0.29) is 0 Å². The van der Waals surface area contributed by atoms with Crippen LogP contribution in [0, 0.1) is 25.7 Å². The number of halogens is 1. The van der Waals surface area contributed by atoms with E-state index >= 15 is 0 Å². The predicted octanol–water partition coefficient (Wildman–Crippen LogP) is 8.80. The summed E-state index contributed by atoms with van der Waals surface area (Å²) in [5, 5.41) is 6.19. The van der Waals surface area contributed by atoms with Crippen molar-refractivity contribution in [1.82, 2.24) is 29.7 Å². The van der Waals surface area contributed by atoms with Gasteiger partial charge in [-0.2, -0.15) is 0 Å². The van der Waals surface area contributed by atoms with Crippen LogP contribution in [0.4, 0.5) is 5.82 Å². The molecule has 3 N–H and O–H groups in total. The van der Waals surface area contributed by atoms with Gasteiger partial charge in [-0.25, -0.2) is 9.97 Å². The van der Waals surface area contributed by atoms with Gasteiger partial charge in [-0.1, -0.05) is 72.3 Å². The summed E-state index contributed by atoms with van der Waals surface area (Å²) in [5.74, 6) is 2.65. The largest absolute Gasteiger partial charge is 0.369 e. The molecule has 8 rings (SSSR count). The SMILES string of the molecule is Cc1nccc2nc(Cl)ccc12.Cc1nccc2nc(NCCN3CCC(Cc4ccccc4)CC3)ccc12.NCCN1CCC(Cc2ccccc2)CC1. The van der Waals surface area contributed by atoms with Crippen LogP contribution in [0.3, 0.4) is 0 Å². The lowest BCUT2D eigenvalue weighted by Crippen LogP contribution is -2.37. The summed E-state index contributed by atoms with van der Waals surface area (Å²) in [5.41, 5.74) is 12.5. The number of rotatable bonds is 10. The van der Waals surface area contributed by atoms with Gasteiger partial charge in [0.2, 0.25) is 0 Å². The minimum absolute atomic E-state index is 0.521. The maximum absolute atomic E-state index is 5.74. The molecule has 2 aliphatic rings. The van der Waals surface area contributed by atoms with Crippen LogP contribution in [0.1, 0.15) is 48.2 Å². The lowest BCUT2D eigenvalue weighted by atomic mass is 9.90. The molecular formula is C46H57ClN8. The van der Waals surface area contributed by atoms with Crippen LogP contribution in [0.5, 0.6) is 0 Å². The number of aromatic nitrogens is 4. The number of likely N-dealkylation sites (tertiary alicyclic amines) is 2. The molecule has 2 aromatic carbocycles. The predicted molar refractivity (Wildman–Crippen MR) is 230 cm³/mol. The third kappa shape index (κ3) is 12.5. The number of aryl methyl sites for hydroxylation is 2. The number of nitrogens with two attached hydrogens (primary N) is 1. The maximum Gasteiger partial charge on any atom is 0.129 e. The summed E-state index contributed by atoms with van der Waals surface area (Å²) < 4.78 is 0. The number of hydrogen-bond acceptors (Lipinski definition) is 8. The Labute approximate surface area is 332 Å². The van der Waals surface area contributed by atoms with Crippen LogP contribution < -0.4 is 11.1 Å². The molecule has 0 unspecified atom stereocenters. The van der Waals surface area contributed by atoms with E-state index in [9.17, 15) is 0 Å². The Morgan fingerprint density at radius 2 is 1.11 bits per heavy atom. The van der Waals surface area contributed by atoms with E-state index in [4.69, 9.17) is 22.3 Å². The molecule has 9 heteroatoms. The molecule has 0 aliphatic carbocycles. The first-order valence-electron chi connectivity index (χ1n) is 20.0. The molecule has 55 heavy (non-hydrogen) atoms. The Hall–Kier alpha value is -4.47. The lowest BCUT2D eigenvalue weighted by Gasteiger charge is -2.32. The fraction of sp³-hybridized carbons (Fsp3) is 0.391. The van der Waals surface area contributed by atoms with Gasteiger partial charge in [-0.05, 0) is 138 Å². The first-order valence-corrected chi connectivity index (χ1v) is 20.4. The second kappa shape index (κ2) is 21.0. The van der Waals surface area contributed by atoms with Gasteiger partial charge in [-0.3, -0.25) is 9.97 Å².